The molecular weight excluding hydrogens is 1170 g/mol. The zero-order valence-electron chi connectivity index (χ0n) is 50.8. The molecule has 3 aliphatic heterocycles. The van der Waals surface area contributed by atoms with Crippen molar-refractivity contribution in [2.24, 2.45) is 0 Å². The standard InChI is InChI=1S/C25H19NO6.C25H19NO5.C24H25NO4/c1-14(2)25(31)32-13-12-26-23(29)18-8-5-7-15-16(10-11-19(21(15)18)24(26)30)22(28)17-6-3-4-9-20(17)27;1-15(2)25(30)31-14-13-26-23(28)19-10-6-9-17-18(11-12-20(21(17)19)24(26)29)22(27)16-7-4-3-5-8-16;1-15(2)24(28)29-14-13-25-22(26)19-10-6-9-18-17(16-7-4-3-5-8-16)11-12-20(21(18)19)23(25)27/h3-11,27H,1,12-13H2,2H3;3-12H,1,13-14H2,2H3;6,9-12,16H,1,3-5,7-8,13-14H2,2H3. The van der Waals surface area contributed by atoms with E-state index in [0.29, 0.717) is 60.8 Å². The Kier molecular flexibility index (Phi) is 18.9. The monoisotopic (exact) mass is 1230 g/mol. The summed E-state index contributed by atoms with van der Waals surface area (Å²) in [4.78, 5) is 142. The molecule has 6 amide bonds. The molecule has 8 aromatic carbocycles. The predicted octanol–water partition coefficient (Wildman–Crippen LogP) is 11.9. The molecule has 8 aromatic rings. The van der Waals surface area contributed by atoms with Gasteiger partial charge in [-0.1, -0.05) is 124 Å². The van der Waals surface area contributed by atoms with Crippen molar-refractivity contribution in [1.29, 1.82) is 0 Å². The van der Waals surface area contributed by atoms with Crippen LogP contribution in [0.1, 0.15) is 158 Å². The van der Waals surface area contributed by atoms with E-state index in [4.69, 9.17) is 14.2 Å². The van der Waals surface area contributed by atoms with Gasteiger partial charge in [-0.05, 0) is 122 Å². The summed E-state index contributed by atoms with van der Waals surface area (Å²) >= 11 is 0. The second-order valence-electron chi connectivity index (χ2n) is 22.6. The summed E-state index contributed by atoms with van der Waals surface area (Å²) in [6.07, 6.45) is 6.03. The lowest BCUT2D eigenvalue weighted by atomic mass is 9.80. The fourth-order valence-electron chi connectivity index (χ4n) is 11.9. The first kappa shape index (κ1) is 63.7. The van der Waals surface area contributed by atoms with Crippen molar-refractivity contribution in [1.82, 2.24) is 14.7 Å². The van der Waals surface area contributed by atoms with Gasteiger partial charge >= 0.3 is 17.9 Å². The Balaban J connectivity index is 0.000000151. The number of ketones is 2. The average molecular weight is 1230 g/mol. The maximum absolute atomic E-state index is 13.1. The molecule has 12 rings (SSSR count). The number of rotatable bonds is 17. The van der Waals surface area contributed by atoms with Crippen LogP contribution in [-0.2, 0) is 28.6 Å². The molecule has 18 nitrogen and oxygen atoms in total. The highest BCUT2D eigenvalue weighted by atomic mass is 16.5. The summed E-state index contributed by atoms with van der Waals surface area (Å²) in [5.74, 6) is -4.68. The van der Waals surface area contributed by atoms with Crippen LogP contribution in [0.4, 0.5) is 0 Å². The molecular formula is C74H63N3O15. The number of amides is 6. The minimum atomic E-state index is -0.600. The molecule has 18 heteroatoms. The van der Waals surface area contributed by atoms with Crippen molar-refractivity contribution >= 4 is 97.2 Å². The summed E-state index contributed by atoms with van der Waals surface area (Å²) in [5, 5.41) is 13.7. The van der Waals surface area contributed by atoms with Crippen LogP contribution in [0.5, 0.6) is 5.75 Å². The highest BCUT2D eigenvalue weighted by Crippen LogP contribution is 2.41. The third-order valence-electron chi connectivity index (χ3n) is 16.4. The lowest BCUT2D eigenvalue weighted by Crippen LogP contribution is -2.42. The first-order valence-corrected chi connectivity index (χ1v) is 29.9. The van der Waals surface area contributed by atoms with Gasteiger partial charge in [-0.25, -0.2) is 14.4 Å². The lowest BCUT2D eigenvalue weighted by Gasteiger charge is -2.29. The Hall–Kier alpha value is -11.3. The maximum atomic E-state index is 13.1. The van der Waals surface area contributed by atoms with Gasteiger partial charge in [-0.2, -0.15) is 0 Å². The quantitative estimate of drug-likeness (QED) is 0.0293. The fraction of sp³-hybridized carbons (Fsp3) is 0.203. The van der Waals surface area contributed by atoms with Crippen molar-refractivity contribution < 1.29 is 72.1 Å². The number of para-hydroxylation sites is 1. The molecule has 0 unspecified atom stereocenters. The molecule has 0 spiro atoms. The molecule has 1 saturated carbocycles. The number of ether oxygens (including phenoxy) is 3. The second-order valence-corrected chi connectivity index (χ2v) is 22.6. The second kappa shape index (κ2) is 27.2. The van der Waals surface area contributed by atoms with Crippen LogP contribution in [0.2, 0.25) is 0 Å². The van der Waals surface area contributed by atoms with Crippen LogP contribution in [0.25, 0.3) is 32.3 Å². The summed E-state index contributed by atoms with van der Waals surface area (Å²) < 4.78 is 15.1. The van der Waals surface area contributed by atoms with Crippen LogP contribution >= 0.6 is 0 Å². The van der Waals surface area contributed by atoms with Crippen LogP contribution in [0.15, 0.2) is 182 Å². The largest absolute Gasteiger partial charge is 0.507 e. The highest BCUT2D eigenvalue weighted by molar-refractivity contribution is 6.31. The zero-order valence-corrected chi connectivity index (χ0v) is 50.8. The van der Waals surface area contributed by atoms with Crippen molar-refractivity contribution in [2.75, 3.05) is 39.5 Å². The lowest BCUT2D eigenvalue weighted by molar-refractivity contribution is -0.139. The Morgan fingerprint density at radius 3 is 1.17 bits per heavy atom. The molecule has 1 aliphatic carbocycles. The normalized spacial score (nSPS) is 14.1. The molecule has 4 aliphatic rings. The maximum Gasteiger partial charge on any atom is 0.333 e. The van der Waals surface area contributed by atoms with Crippen molar-refractivity contribution in [3.05, 3.63) is 243 Å². The number of esters is 3. The van der Waals surface area contributed by atoms with Gasteiger partial charge in [0.05, 0.1) is 25.2 Å². The van der Waals surface area contributed by atoms with Crippen LogP contribution < -0.4 is 0 Å². The first-order chi connectivity index (χ1) is 44.2. The van der Waals surface area contributed by atoms with E-state index < -0.39 is 47.3 Å². The molecule has 0 radical (unpaired) electrons. The number of benzene rings is 8. The molecule has 3 heterocycles. The third-order valence-corrected chi connectivity index (χ3v) is 16.4. The molecule has 0 saturated heterocycles. The van der Waals surface area contributed by atoms with Gasteiger partial charge in [-0.3, -0.25) is 53.1 Å². The molecule has 0 bridgehead atoms. The molecule has 0 atom stereocenters. The Morgan fingerprint density at radius 2 is 0.761 bits per heavy atom. The third kappa shape index (κ3) is 12.5. The highest BCUT2D eigenvalue weighted by Gasteiger charge is 2.37. The van der Waals surface area contributed by atoms with Gasteiger partial charge in [0, 0.05) is 82.9 Å². The number of phenolic OH excluding ortho intramolecular Hbond substituents is 1. The minimum absolute atomic E-state index is 0.0247. The van der Waals surface area contributed by atoms with E-state index in [9.17, 15) is 57.8 Å². The number of imide groups is 3. The van der Waals surface area contributed by atoms with E-state index in [2.05, 4.69) is 25.8 Å². The van der Waals surface area contributed by atoms with Crippen molar-refractivity contribution in [2.45, 2.75) is 58.8 Å². The summed E-state index contributed by atoms with van der Waals surface area (Å²) in [5.41, 5.74) is 5.64. The van der Waals surface area contributed by atoms with Crippen LogP contribution in [0, 0.1) is 0 Å². The number of phenols is 1. The van der Waals surface area contributed by atoms with Crippen LogP contribution in [-0.4, -0.2) is 124 Å². The first-order valence-electron chi connectivity index (χ1n) is 29.9. The van der Waals surface area contributed by atoms with E-state index in [-0.39, 0.29) is 102 Å². The Labute approximate surface area is 528 Å². The minimum Gasteiger partial charge on any atom is -0.507 e. The summed E-state index contributed by atoms with van der Waals surface area (Å²) in [6.45, 7) is 14.6. The fourth-order valence-corrected chi connectivity index (χ4v) is 11.9. The number of nitrogens with zero attached hydrogens (tertiary/aromatic N) is 3. The number of carbonyl (C=O) groups excluding carboxylic acids is 11. The molecule has 464 valence electrons. The van der Waals surface area contributed by atoms with Gasteiger partial charge < -0.3 is 19.3 Å². The molecule has 1 fully saturated rings. The molecule has 92 heavy (non-hydrogen) atoms. The van der Waals surface area contributed by atoms with Gasteiger partial charge in [0.25, 0.3) is 35.4 Å². The van der Waals surface area contributed by atoms with E-state index in [1.165, 1.54) is 67.8 Å². The van der Waals surface area contributed by atoms with Gasteiger partial charge in [-0.15, -0.1) is 0 Å². The zero-order chi connectivity index (χ0) is 65.7. The summed E-state index contributed by atoms with van der Waals surface area (Å²) in [6, 6.07) is 40.8. The topological polar surface area (TPSA) is 245 Å². The number of carbonyl (C=O) groups is 11. The van der Waals surface area contributed by atoms with Crippen LogP contribution in [0.3, 0.4) is 0 Å². The number of aromatic hydroxyl groups is 1. The van der Waals surface area contributed by atoms with Gasteiger partial charge in [0.2, 0.25) is 0 Å². The van der Waals surface area contributed by atoms with E-state index in [0.717, 1.165) is 33.4 Å². The van der Waals surface area contributed by atoms with Gasteiger partial charge in [0.1, 0.15) is 25.6 Å². The van der Waals surface area contributed by atoms with E-state index >= 15 is 0 Å². The smallest absolute Gasteiger partial charge is 0.333 e. The SMILES string of the molecule is C=C(C)C(=O)OCCN1C(=O)c2cccc3c(C(=O)c4ccccc4)ccc(c23)C1=O.C=C(C)C(=O)OCCN1C(=O)c2cccc3c(C(=O)c4ccccc4O)ccc(c23)C1=O.C=C(C)C(=O)OCCN1C(=O)c2cccc3c(C4CCCCC4)ccc(c23)C1=O. The van der Waals surface area contributed by atoms with Crippen molar-refractivity contribution in [3.63, 3.8) is 0 Å². The number of hydrogen-bond acceptors (Lipinski definition) is 15. The predicted molar refractivity (Wildman–Crippen MR) is 343 cm³/mol. The Morgan fingerprint density at radius 1 is 0.402 bits per heavy atom. The van der Waals surface area contributed by atoms with Gasteiger partial charge in [0.15, 0.2) is 11.6 Å². The molecule has 0 aromatic heterocycles. The number of hydrogen-bond donors (Lipinski definition) is 1. The molecule has 1 N–H and O–H groups in total. The summed E-state index contributed by atoms with van der Waals surface area (Å²) in [7, 11) is 0. The van der Waals surface area contributed by atoms with E-state index in [1.807, 2.05) is 24.3 Å². The average Bonchev–Trinajstić information content (AvgIpc) is 0.756. The van der Waals surface area contributed by atoms with Crippen molar-refractivity contribution in [3.8, 4) is 5.75 Å². The van der Waals surface area contributed by atoms with E-state index in [1.54, 1.807) is 97.9 Å². The Bertz CT molecular complexity index is 4430.